The minimum absolute atomic E-state index is 0.00688. The molecule has 4 rings (SSSR count). The van der Waals surface area contributed by atoms with Crippen molar-refractivity contribution in [2.75, 3.05) is 19.7 Å². The van der Waals surface area contributed by atoms with Crippen molar-refractivity contribution in [3.8, 4) is 0 Å². The van der Waals surface area contributed by atoms with Gasteiger partial charge in [-0.2, -0.15) is 0 Å². The third-order valence-electron chi connectivity index (χ3n) is 7.14. The number of ether oxygens (including phenoxy) is 1. The van der Waals surface area contributed by atoms with Crippen molar-refractivity contribution >= 4 is 17.7 Å². The minimum Gasteiger partial charge on any atom is -0.353 e. The van der Waals surface area contributed by atoms with Crippen molar-refractivity contribution in [1.29, 1.82) is 0 Å². The van der Waals surface area contributed by atoms with E-state index in [1.807, 2.05) is 74.2 Å². The van der Waals surface area contributed by atoms with E-state index in [-0.39, 0.29) is 30.4 Å². The number of likely N-dealkylation sites (tertiary alicyclic amines) is 1. The van der Waals surface area contributed by atoms with E-state index in [1.165, 1.54) is 0 Å². The van der Waals surface area contributed by atoms with Crippen LogP contribution in [0.3, 0.4) is 0 Å². The summed E-state index contributed by atoms with van der Waals surface area (Å²) in [5.74, 6) is -0.342. The van der Waals surface area contributed by atoms with Crippen LogP contribution in [0.4, 0.5) is 0 Å². The number of carbonyl (C=O) groups is 3. The van der Waals surface area contributed by atoms with Gasteiger partial charge in [-0.15, -0.1) is 0 Å². The molecule has 2 aromatic rings. The number of nitrogens with one attached hydrogen (secondary N) is 1. The molecule has 2 fully saturated rings. The summed E-state index contributed by atoms with van der Waals surface area (Å²) >= 11 is 0. The van der Waals surface area contributed by atoms with Crippen LogP contribution in [-0.4, -0.2) is 65.0 Å². The number of hydrogen-bond donors (Lipinski definition) is 1. The van der Waals surface area contributed by atoms with Gasteiger partial charge in [-0.1, -0.05) is 55.0 Å². The van der Waals surface area contributed by atoms with Gasteiger partial charge in [0.15, 0.2) is 0 Å². The van der Waals surface area contributed by atoms with Gasteiger partial charge in [-0.3, -0.25) is 19.3 Å². The van der Waals surface area contributed by atoms with Crippen molar-refractivity contribution in [1.82, 2.24) is 15.1 Å². The maximum atomic E-state index is 13.8. The zero-order valence-corrected chi connectivity index (χ0v) is 20.8. The SMILES string of the molecule is CC[C@@H](C)NC(=O)[C@H]1COC2(CCN(C(=O)Cc3ccccc3)CC2)N1C(=O)c1cccc(C)c1. The maximum Gasteiger partial charge on any atom is 0.256 e. The van der Waals surface area contributed by atoms with Crippen LogP contribution < -0.4 is 5.32 Å². The van der Waals surface area contributed by atoms with Crippen LogP contribution in [0.15, 0.2) is 54.6 Å². The lowest BCUT2D eigenvalue weighted by atomic mass is 9.95. The average Bonchev–Trinajstić information content (AvgIpc) is 3.23. The number of rotatable bonds is 6. The molecular formula is C28H35N3O4. The number of benzene rings is 2. The second-order valence-corrected chi connectivity index (χ2v) is 9.68. The van der Waals surface area contributed by atoms with Gasteiger partial charge in [0, 0.05) is 37.5 Å². The van der Waals surface area contributed by atoms with Crippen LogP contribution in [0.5, 0.6) is 0 Å². The average molecular weight is 478 g/mol. The Bertz CT molecular complexity index is 1060. The van der Waals surface area contributed by atoms with Crippen LogP contribution in [0.1, 0.15) is 54.6 Å². The van der Waals surface area contributed by atoms with Crippen molar-refractivity contribution < 1.29 is 19.1 Å². The Morgan fingerprint density at radius 1 is 1.09 bits per heavy atom. The van der Waals surface area contributed by atoms with Gasteiger partial charge in [0.25, 0.3) is 5.91 Å². The molecule has 1 N–H and O–H groups in total. The Morgan fingerprint density at radius 3 is 2.46 bits per heavy atom. The predicted octanol–water partition coefficient (Wildman–Crippen LogP) is 3.31. The molecule has 1 spiro atoms. The van der Waals surface area contributed by atoms with Crippen LogP contribution in [0, 0.1) is 6.92 Å². The number of amides is 3. The summed E-state index contributed by atoms with van der Waals surface area (Å²) in [5.41, 5.74) is 1.60. The first kappa shape index (κ1) is 24.9. The van der Waals surface area contributed by atoms with Gasteiger partial charge >= 0.3 is 0 Å². The van der Waals surface area contributed by atoms with E-state index >= 15 is 0 Å². The van der Waals surface area contributed by atoms with E-state index in [9.17, 15) is 14.4 Å². The quantitative estimate of drug-likeness (QED) is 0.692. The van der Waals surface area contributed by atoms with E-state index in [1.54, 1.807) is 11.0 Å². The Hall–Kier alpha value is -3.19. The third-order valence-corrected chi connectivity index (χ3v) is 7.14. The normalized spacial score (nSPS) is 20.0. The van der Waals surface area contributed by atoms with Crippen molar-refractivity contribution in [3.05, 3.63) is 71.3 Å². The van der Waals surface area contributed by atoms with E-state index in [4.69, 9.17) is 4.74 Å². The molecule has 7 heteroatoms. The Labute approximate surface area is 207 Å². The lowest BCUT2D eigenvalue weighted by Crippen LogP contribution is -2.60. The molecule has 0 unspecified atom stereocenters. The standard InChI is InChI=1S/C28H35N3O4/c1-4-21(3)29-26(33)24-19-35-28(31(24)27(34)23-12-8-9-20(2)17-23)13-15-30(16-14-28)25(32)18-22-10-6-5-7-11-22/h5-12,17,21,24H,4,13-16,18-19H2,1-3H3,(H,29,33)/t21-,24-/m1/s1. The Kier molecular flexibility index (Phi) is 7.55. The molecule has 2 aliphatic rings. The molecule has 3 amide bonds. The lowest BCUT2D eigenvalue weighted by Gasteiger charge is -2.44. The second kappa shape index (κ2) is 10.6. The Balaban J connectivity index is 1.54. The first-order chi connectivity index (χ1) is 16.8. The molecule has 2 saturated heterocycles. The first-order valence-corrected chi connectivity index (χ1v) is 12.5. The van der Waals surface area contributed by atoms with Gasteiger partial charge < -0.3 is 15.0 Å². The zero-order valence-electron chi connectivity index (χ0n) is 20.8. The molecule has 2 aromatic carbocycles. The monoisotopic (exact) mass is 477 g/mol. The third kappa shape index (κ3) is 5.40. The van der Waals surface area contributed by atoms with Crippen LogP contribution in [0.2, 0.25) is 0 Å². The number of carbonyl (C=O) groups excluding carboxylic acids is 3. The summed E-state index contributed by atoms with van der Waals surface area (Å²) in [6.45, 7) is 7.00. The fourth-order valence-electron chi connectivity index (χ4n) is 4.91. The molecule has 186 valence electrons. The van der Waals surface area contributed by atoms with Crippen LogP contribution in [0.25, 0.3) is 0 Å². The number of nitrogens with zero attached hydrogens (tertiary/aromatic N) is 2. The lowest BCUT2D eigenvalue weighted by molar-refractivity contribution is -0.143. The number of piperidine rings is 1. The second-order valence-electron chi connectivity index (χ2n) is 9.68. The number of aryl methyl sites for hydroxylation is 1. The van der Waals surface area contributed by atoms with E-state index in [0.29, 0.717) is 37.9 Å². The molecule has 2 heterocycles. The topological polar surface area (TPSA) is 79.0 Å². The molecule has 2 atom stereocenters. The summed E-state index contributed by atoms with van der Waals surface area (Å²) in [4.78, 5) is 43.4. The zero-order chi connectivity index (χ0) is 25.0. The highest BCUT2D eigenvalue weighted by molar-refractivity contribution is 5.98. The molecule has 35 heavy (non-hydrogen) atoms. The summed E-state index contributed by atoms with van der Waals surface area (Å²) in [6.07, 6.45) is 2.09. The molecule has 7 nitrogen and oxygen atoms in total. The predicted molar refractivity (Wildman–Crippen MR) is 134 cm³/mol. The highest BCUT2D eigenvalue weighted by Gasteiger charge is 2.54. The Morgan fingerprint density at radius 2 is 1.80 bits per heavy atom. The van der Waals surface area contributed by atoms with E-state index < -0.39 is 11.8 Å². The number of hydrogen-bond acceptors (Lipinski definition) is 4. The minimum atomic E-state index is -0.901. The summed E-state index contributed by atoms with van der Waals surface area (Å²) in [7, 11) is 0. The maximum absolute atomic E-state index is 13.8. The van der Waals surface area contributed by atoms with Crippen molar-refractivity contribution in [2.24, 2.45) is 0 Å². The molecule has 0 radical (unpaired) electrons. The highest BCUT2D eigenvalue weighted by Crippen LogP contribution is 2.38. The summed E-state index contributed by atoms with van der Waals surface area (Å²) in [5, 5.41) is 3.02. The highest BCUT2D eigenvalue weighted by atomic mass is 16.5. The fraction of sp³-hybridized carbons (Fsp3) is 0.464. The van der Waals surface area contributed by atoms with Gasteiger partial charge in [0.05, 0.1) is 13.0 Å². The van der Waals surface area contributed by atoms with Gasteiger partial charge in [0.2, 0.25) is 11.8 Å². The summed E-state index contributed by atoms with van der Waals surface area (Å²) in [6, 6.07) is 16.4. The molecule has 2 aliphatic heterocycles. The van der Waals surface area contributed by atoms with E-state index in [2.05, 4.69) is 5.32 Å². The van der Waals surface area contributed by atoms with Crippen molar-refractivity contribution in [3.63, 3.8) is 0 Å². The van der Waals surface area contributed by atoms with Gasteiger partial charge in [-0.25, -0.2) is 0 Å². The van der Waals surface area contributed by atoms with Gasteiger partial charge in [0.1, 0.15) is 11.8 Å². The first-order valence-electron chi connectivity index (χ1n) is 12.5. The van der Waals surface area contributed by atoms with E-state index in [0.717, 1.165) is 17.5 Å². The molecule has 0 saturated carbocycles. The van der Waals surface area contributed by atoms with Crippen LogP contribution >= 0.6 is 0 Å². The van der Waals surface area contributed by atoms with Gasteiger partial charge in [-0.05, 0) is 38.0 Å². The molecule has 0 aliphatic carbocycles. The smallest absolute Gasteiger partial charge is 0.256 e. The van der Waals surface area contributed by atoms with Crippen LogP contribution in [-0.2, 0) is 20.7 Å². The van der Waals surface area contributed by atoms with Crippen molar-refractivity contribution in [2.45, 2.75) is 64.3 Å². The molecule has 0 aromatic heterocycles. The largest absolute Gasteiger partial charge is 0.353 e. The molecular weight excluding hydrogens is 442 g/mol. The summed E-state index contributed by atoms with van der Waals surface area (Å²) < 4.78 is 6.27. The fourth-order valence-corrected chi connectivity index (χ4v) is 4.91. The molecule has 0 bridgehead atoms.